The van der Waals surface area contributed by atoms with Gasteiger partial charge in [0.2, 0.25) is 0 Å². The van der Waals surface area contributed by atoms with E-state index in [4.69, 9.17) is 20.4 Å². The quantitative estimate of drug-likeness (QED) is 0.240. The third-order valence-corrected chi connectivity index (χ3v) is 2.17. The van der Waals surface area contributed by atoms with Gasteiger partial charge in [-0.3, -0.25) is 29.0 Å². The Bertz CT molecular complexity index is 334. The van der Waals surface area contributed by atoms with E-state index < -0.39 is 50.1 Å². The molecule has 0 heterocycles. The predicted octanol–water partition coefficient (Wildman–Crippen LogP) is -2.06. The molecule has 11 nitrogen and oxygen atoms in total. The molecule has 0 spiro atoms. The summed E-state index contributed by atoms with van der Waals surface area (Å²) in [6.45, 7) is -2.25. The van der Waals surface area contributed by atoms with Crippen LogP contribution in [0.5, 0.6) is 0 Å². The van der Waals surface area contributed by atoms with Crippen molar-refractivity contribution in [3.05, 3.63) is 0 Å². The summed E-state index contributed by atoms with van der Waals surface area (Å²) in [7, 11) is 0. The molecule has 0 amide bonds. The fraction of sp³-hybridized carbons (Fsp3) is 0.600. The van der Waals surface area contributed by atoms with E-state index in [2.05, 4.69) is 0 Å². The van der Waals surface area contributed by atoms with E-state index in [0.29, 0.717) is 0 Å². The van der Waals surface area contributed by atoms with Gasteiger partial charge in [0.15, 0.2) is 0 Å². The second-order valence-electron chi connectivity index (χ2n) is 4.00. The minimum absolute atomic E-state index is 0. The van der Waals surface area contributed by atoms with Crippen LogP contribution in [-0.2, 0) is 19.2 Å². The first-order chi connectivity index (χ1) is 9.20. The van der Waals surface area contributed by atoms with Gasteiger partial charge in [-0.15, -0.1) is 0 Å². The van der Waals surface area contributed by atoms with E-state index in [1.54, 1.807) is 0 Å². The van der Waals surface area contributed by atoms with Gasteiger partial charge in [-0.05, 0) is 0 Å². The van der Waals surface area contributed by atoms with Gasteiger partial charge in [0.1, 0.15) is 0 Å². The molecule has 7 N–H and O–H groups in total. The van der Waals surface area contributed by atoms with Crippen LogP contribution in [0.4, 0.5) is 0 Å². The van der Waals surface area contributed by atoms with E-state index in [-0.39, 0.29) is 67.6 Å². The smallest absolute Gasteiger partial charge is 1.00 e. The molecule has 126 valence electrons. The number of rotatable bonds is 11. The molecule has 0 fully saturated rings. The van der Waals surface area contributed by atoms with Crippen LogP contribution >= 0.6 is 0 Å². The van der Waals surface area contributed by atoms with Crippen molar-refractivity contribution < 1.29 is 42.5 Å². The maximum Gasteiger partial charge on any atom is 2.00 e. The van der Waals surface area contributed by atoms with Gasteiger partial charge >= 0.3 is 69.4 Å². The fourth-order valence-electron chi connectivity index (χ4n) is 1.48. The number of hydrogen-bond acceptors (Lipinski definition) is 7. The van der Waals surface area contributed by atoms with Crippen LogP contribution in [0.3, 0.4) is 0 Å². The molecule has 0 radical (unpaired) electrons. The van der Waals surface area contributed by atoms with Gasteiger partial charge in [0, 0.05) is 13.1 Å². The van der Waals surface area contributed by atoms with Crippen LogP contribution in [0.25, 0.3) is 0 Å². The molecule has 0 rings (SSSR count). The standard InChI is InChI=1S/C10H16N2O8.H3N.Sr.2H/c13-7(14)3-11(4-8(15)16)1-2-12(5-9(17)18)6-10(19)20;;;;/h1-6H2,(H,13,14)(H,15,16)(H,17,18)(H,19,20);1H3;;;/q;;+2;2*-1. The number of hydrogen-bond donors (Lipinski definition) is 5. The molecule has 0 saturated heterocycles. The van der Waals surface area contributed by atoms with Crippen molar-refractivity contribution in [1.29, 1.82) is 0 Å². The molecule has 0 aliphatic heterocycles. The van der Waals surface area contributed by atoms with Crippen molar-refractivity contribution in [3.8, 4) is 0 Å². The summed E-state index contributed by atoms with van der Waals surface area (Å²) in [5, 5.41) is 34.5. The van der Waals surface area contributed by atoms with E-state index in [1.807, 2.05) is 0 Å². The van der Waals surface area contributed by atoms with Crippen molar-refractivity contribution >= 4 is 69.4 Å². The van der Waals surface area contributed by atoms with Crippen molar-refractivity contribution in [3.63, 3.8) is 0 Å². The molecular weight excluding hydrogens is 378 g/mol. The minimum Gasteiger partial charge on any atom is -1.00 e. The third-order valence-electron chi connectivity index (χ3n) is 2.17. The van der Waals surface area contributed by atoms with E-state index >= 15 is 0 Å². The number of nitrogens with zero attached hydrogens (tertiary/aromatic N) is 2. The van der Waals surface area contributed by atoms with Crippen molar-refractivity contribution in [2.45, 2.75) is 0 Å². The Kier molecular flexibility index (Phi) is 16.5. The molecule has 0 unspecified atom stereocenters. The summed E-state index contributed by atoms with van der Waals surface area (Å²) in [6.07, 6.45) is 0. The molecule has 0 aromatic rings. The van der Waals surface area contributed by atoms with Gasteiger partial charge in [0.25, 0.3) is 0 Å². The maximum atomic E-state index is 10.6. The average Bonchev–Trinajstić information content (AvgIpc) is 2.22. The van der Waals surface area contributed by atoms with Crippen LogP contribution < -0.4 is 6.15 Å². The van der Waals surface area contributed by atoms with Crippen LogP contribution in [-0.4, -0.2) is 139 Å². The van der Waals surface area contributed by atoms with E-state index in [9.17, 15) is 19.2 Å². The Balaban J connectivity index is -0.000000301. The summed E-state index contributed by atoms with van der Waals surface area (Å²) in [5.41, 5.74) is 0. The molecule has 0 atom stereocenters. The molecule has 0 aliphatic carbocycles. The molecule has 0 aromatic carbocycles. The SMILES string of the molecule is N.O=C(O)CN(CCN(CC(=O)O)CC(=O)O)CC(=O)O.[H-].[H-].[Sr+2]. The summed E-state index contributed by atoms with van der Waals surface area (Å²) >= 11 is 0. The van der Waals surface area contributed by atoms with Crippen LogP contribution in [0.15, 0.2) is 0 Å². The second kappa shape index (κ2) is 13.9. The predicted molar refractivity (Wildman–Crippen MR) is 76.4 cm³/mol. The number of carbonyl (C=O) groups is 4. The third kappa shape index (κ3) is 15.6. The van der Waals surface area contributed by atoms with Crippen LogP contribution in [0.1, 0.15) is 2.85 Å². The molecule has 0 saturated carbocycles. The van der Waals surface area contributed by atoms with Gasteiger partial charge in [-0.25, -0.2) is 0 Å². The second-order valence-corrected chi connectivity index (χ2v) is 4.00. The van der Waals surface area contributed by atoms with Crippen LogP contribution in [0, 0.1) is 0 Å². The summed E-state index contributed by atoms with van der Waals surface area (Å²) in [4.78, 5) is 44.4. The van der Waals surface area contributed by atoms with Crippen molar-refractivity contribution in [2.24, 2.45) is 0 Å². The first-order valence-corrected chi connectivity index (χ1v) is 5.52. The zero-order valence-electron chi connectivity index (χ0n) is 14.0. The molecule has 0 aromatic heterocycles. The summed E-state index contributed by atoms with van der Waals surface area (Å²) in [6, 6.07) is 0. The average molecular weight is 399 g/mol. The summed E-state index contributed by atoms with van der Waals surface area (Å²) < 4.78 is 0. The van der Waals surface area contributed by atoms with Gasteiger partial charge in [0.05, 0.1) is 26.2 Å². The Morgan fingerprint density at radius 1 is 0.636 bits per heavy atom. The molecule has 22 heavy (non-hydrogen) atoms. The molecule has 0 bridgehead atoms. The molecular formula is C10H21N3O8Sr. The Labute approximate surface area is 166 Å². The Hall–Kier alpha value is -0.759. The topological polar surface area (TPSA) is 191 Å². The fourth-order valence-corrected chi connectivity index (χ4v) is 1.48. The molecule has 0 aliphatic rings. The first-order valence-electron chi connectivity index (χ1n) is 5.52. The minimum atomic E-state index is -1.23. The summed E-state index contributed by atoms with van der Waals surface area (Å²) in [5.74, 6) is -4.91. The van der Waals surface area contributed by atoms with Crippen LogP contribution in [0.2, 0.25) is 0 Å². The Morgan fingerprint density at radius 2 is 0.818 bits per heavy atom. The first kappa shape index (κ1) is 26.2. The number of carboxylic acid groups (broad SMARTS) is 4. The maximum absolute atomic E-state index is 10.6. The zero-order chi connectivity index (χ0) is 15.7. The zero-order valence-corrected chi connectivity index (χ0v) is 15.4. The van der Waals surface area contributed by atoms with Gasteiger partial charge in [-0.2, -0.15) is 0 Å². The number of aliphatic carboxylic acids is 4. The van der Waals surface area contributed by atoms with E-state index in [1.165, 1.54) is 0 Å². The monoisotopic (exact) mass is 399 g/mol. The number of carboxylic acids is 4. The van der Waals surface area contributed by atoms with Crippen molar-refractivity contribution in [1.82, 2.24) is 16.0 Å². The van der Waals surface area contributed by atoms with Crippen molar-refractivity contribution in [2.75, 3.05) is 39.3 Å². The Morgan fingerprint density at radius 3 is 0.955 bits per heavy atom. The van der Waals surface area contributed by atoms with Gasteiger partial charge < -0.3 is 29.4 Å². The van der Waals surface area contributed by atoms with E-state index in [0.717, 1.165) is 9.80 Å². The van der Waals surface area contributed by atoms with Gasteiger partial charge in [-0.1, -0.05) is 0 Å². The largest absolute Gasteiger partial charge is 2.00 e. The normalized spacial score (nSPS) is 9.73. The molecule has 12 heteroatoms.